The molecule has 1 saturated heterocycles. The fraction of sp³-hybridized carbons (Fsp3) is 0.667. The van der Waals surface area contributed by atoms with Crippen LogP contribution in [0.1, 0.15) is 51.2 Å². The van der Waals surface area contributed by atoms with E-state index in [9.17, 15) is 0 Å². The normalized spacial score (nSPS) is 19.7. The number of hydrogen-bond donors (Lipinski definition) is 1. The molecular weight excluding hydrogens is 262 g/mol. The zero-order valence-electron chi connectivity index (χ0n) is 13.7. The van der Waals surface area contributed by atoms with Gasteiger partial charge in [-0.3, -0.25) is 0 Å². The Balaban J connectivity index is 1.75. The molecule has 1 aromatic rings. The Morgan fingerprint density at radius 1 is 1.24 bits per heavy atom. The molecule has 1 aromatic carbocycles. The second kappa shape index (κ2) is 7.92. The van der Waals surface area contributed by atoms with Crippen LogP contribution in [0.25, 0.3) is 0 Å². The van der Waals surface area contributed by atoms with Gasteiger partial charge in [-0.25, -0.2) is 0 Å². The summed E-state index contributed by atoms with van der Waals surface area (Å²) in [5.74, 6) is 0. The summed E-state index contributed by atoms with van der Waals surface area (Å²) in [5, 5.41) is 3.51. The third-order valence-electron chi connectivity index (χ3n) is 3.66. The zero-order valence-corrected chi connectivity index (χ0v) is 13.7. The Morgan fingerprint density at radius 3 is 2.76 bits per heavy atom. The van der Waals surface area contributed by atoms with E-state index in [0.717, 1.165) is 19.6 Å². The molecule has 1 N–H and O–H groups in total. The minimum atomic E-state index is 0.144. The van der Waals surface area contributed by atoms with Crippen molar-refractivity contribution < 1.29 is 9.47 Å². The lowest BCUT2D eigenvalue weighted by molar-refractivity contribution is -0.0447. The largest absolute Gasteiger partial charge is 0.376 e. The van der Waals surface area contributed by atoms with E-state index in [2.05, 4.69) is 50.4 Å². The van der Waals surface area contributed by atoms with Gasteiger partial charge in [0.15, 0.2) is 0 Å². The van der Waals surface area contributed by atoms with Crippen LogP contribution >= 0.6 is 0 Å². The maximum absolute atomic E-state index is 5.81. The van der Waals surface area contributed by atoms with E-state index in [4.69, 9.17) is 9.47 Å². The van der Waals surface area contributed by atoms with E-state index in [1.807, 2.05) is 0 Å². The smallest absolute Gasteiger partial charge is 0.0808 e. The van der Waals surface area contributed by atoms with Crippen molar-refractivity contribution in [3.8, 4) is 0 Å². The van der Waals surface area contributed by atoms with Gasteiger partial charge in [0, 0.05) is 18.7 Å². The van der Waals surface area contributed by atoms with Gasteiger partial charge in [0.1, 0.15) is 0 Å². The average Bonchev–Trinajstić information content (AvgIpc) is 2.46. The molecule has 1 aliphatic heterocycles. The molecule has 118 valence electrons. The van der Waals surface area contributed by atoms with E-state index in [1.54, 1.807) is 0 Å². The summed E-state index contributed by atoms with van der Waals surface area (Å²) in [7, 11) is 0. The lowest BCUT2D eigenvalue weighted by Gasteiger charge is -2.22. The Hall–Kier alpha value is -0.900. The molecule has 3 nitrogen and oxygen atoms in total. The standard InChI is InChI=1S/C18H29NO2/c1-18(2,3)19-12-15-7-6-8-16(11-15)13-20-14-17-9-4-5-10-21-17/h6-8,11,17,19H,4-5,9-10,12-14H2,1-3H3. The van der Waals surface area contributed by atoms with Crippen LogP contribution < -0.4 is 5.32 Å². The van der Waals surface area contributed by atoms with Crippen molar-refractivity contribution in [2.45, 2.75) is 64.8 Å². The predicted octanol–water partition coefficient (Wildman–Crippen LogP) is 3.66. The first kappa shape index (κ1) is 16.5. The fourth-order valence-corrected chi connectivity index (χ4v) is 2.44. The first-order valence-corrected chi connectivity index (χ1v) is 8.05. The second-order valence-corrected chi connectivity index (χ2v) is 6.93. The molecule has 0 aliphatic carbocycles. The molecule has 2 rings (SSSR count). The van der Waals surface area contributed by atoms with Gasteiger partial charge >= 0.3 is 0 Å². The molecule has 1 atom stereocenters. The Kier molecular flexibility index (Phi) is 6.22. The van der Waals surface area contributed by atoms with E-state index >= 15 is 0 Å². The lowest BCUT2D eigenvalue weighted by atomic mass is 10.1. The SMILES string of the molecule is CC(C)(C)NCc1cccc(COCC2CCCCO2)c1. The Bertz CT molecular complexity index is 419. The van der Waals surface area contributed by atoms with Crippen LogP contribution in [-0.4, -0.2) is 24.9 Å². The van der Waals surface area contributed by atoms with Crippen LogP contribution in [0.5, 0.6) is 0 Å². The van der Waals surface area contributed by atoms with Crippen molar-refractivity contribution in [3.05, 3.63) is 35.4 Å². The van der Waals surface area contributed by atoms with Crippen LogP contribution in [0, 0.1) is 0 Å². The molecule has 0 radical (unpaired) electrons. The topological polar surface area (TPSA) is 30.5 Å². The molecule has 21 heavy (non-hydrogen) atoms. The van der Waals surface area contributed by atoms with E-state index in [-0.39, 0.29) is 5.54 Å². The number of ether oxygens (including phenoxy) is 2. The molecule has 0 amide bonds. The van der Waals surface area contributed by atoms with Crippen molar-refractivity contribution >= 4 is 0 Å². The lowest BCUT2D eigenvalue weighted by Crippen LogP contribution is -2.35. The quantitative estimate of drug-likeness (QED) is 0.867. The Labute approximate surface area is 129 Å². The molecule has 3 heteroatoms. The second-order valence-electron chi connectivity index (χ2n) is 6.93. The highest BCUT2D eigenvalue weighted by atomic mass is 16.5. The van der Waals surface area contributed by atoms with Crippen molar-refractivity contribution in [1.29, 1.82) is 0 Å². The van der Waals surface area contributed by atoms with Gasteiger partial charge in [0.05, 0.1) is 19.3 Å². The molecule has 1 fully saturated rings. The number of hydrogen-bond acceptors (Lipinski definition) is 3. The highest BCUT2D eigenvalue weighted by molar-refractivity contribution is 5.23. The van der Waals surface area contributed by atoms with E-state index in [1.165, 1.54) is 24.0 Å². The minimum Gasteiger partial charge on any atom is -0.376 e. The minimum absolute atomic E-state index is 0.144. The molecule has 1 aliphatic rings. The summed E-state index contributed by atoms with van der Waals surface area (Å²) in [5.41, 5.74) is 2.68. The first-order valence-electron chi connectivity index (χ1n) is 8.05. The molecule has 1 unspecified atom stereocenters. The number of benzene rings is 1. The van der Waals surface area contributed by atoms with Crippen molar-refractivity contribution in [1.82, 2.24) is 5.32 Å². The highest BCUT2D eigenvalue weighted by Gasteiger charge is 2.13. The molecule has 1 heterocycles. The number of nitrogens with one attached hydrogen (secondary N) is 1. The third-order valence-corrected chi connectivity index (χ3v) is 3.66. The zero-order chi connectivity index (χ0) is 15.1. The monoisotopic (exact) mass is 291 g/mol. The van der Waals surface area contributed by atoms with E-state index < -0.39 is 0 Å². The predicted molar refractivity (Wildman–Crippen MR) is 86.3 cm³/mol. The summed E-state index contributed by atoms with van der Waals surface area (Å²) in [4.78, 5) is 0. The fourth-order valence-electron chi connectivity index (χ4n) is 2.44. The average molecular weight is 291 g/mol. The Morgan fingerprint density at radius 2 is 2.05 bits per heavy atom. The van der Waals surface area contributed by atoms with Crippen LogP contribution in [-0.2, 0) is 22.6 Å². The number of rotatable bonds is 6. The maximum Gasteiger partial charge on any atom is 0.0808 e. The van der Waals surface area contributed by atoms with Crippen LogP contribution in [0.2, 0.25) is 0 Å². The summed E-state index contributed by atoms with van der Waals surface area (Å²) in [6, 6.07) is 8.62. The van der Waals surface area contributed by atoms with Crippen molar-refractivity contribution in [3.63, 3.8) is 0 Å². The summed E-state index contributed by atoms with van der Waals surface area (Å²) >= 11 is 0. The van der Waals surface area contributed by atoms with Gasteiger partial charge < -0.3 is 14.8 Å². The van der Waals surface area contributed by atoms with Crippen molar-refractivity contribution in [2.75, 3.05) is 13.2 Å². The van der Waals surface area contributed by atoms with Gasteiger partial charge in [-0.2, -0.15) is 0 Å². The molecule has 0 saturated carbocycles. The molecule has 0 aromatic heterocycles. The first-order chi connectivity index (χ1) is 10.0. The van der Waals surface area contributed by atoms with Gasteiger partial charge in [-0.05, 0) is 51.2 Å². The molecular formula is C18H29NO2. The van der Waals surface area contributed by atoms with E-state index in [0.29, 0.717) is 19.3 Å². The summed E-state index contributed by atoms with van der Waals surface area (Å²) < 4.78 is 11.5. The molecule has 0 spiro atoms. The van der Waals surface area contributed by atoms with Gasteiger partial charge in [-0.1, -0.05) is 24.3 Å². The van der Waals surface area contributed by atoms with Crippen LogP contribution in [0.15, 0.2) is 24.3 Å². The summed E-state index contributed by atoms with van der Waals surface area (Å²) in [6.07, 6.45) is 3.89. The van der Waals surface area contributed by atoms with Gasteiger partial charge in [0.2, 0.25) is 0 Å². The summed E-state index contributed by atoms with van der Waals surface area (Å²) in [6.45, 7) is 9.72. The molecule has 0 bridgehead atoms. The van der Waals surface area contributed by atoms with Gasteiger partial charge in [-0.15, -0.1) is 0 Å². The van der Waals surface area contributed by atoms with Crippen LogP contribution in [0.3, 0.4) is 0 Å². The van der Waals surface area contributed by atoms with Gasteiger partial charge in [0.25, 0.3) is 0 Å². The third kappa shape index (κ3) is 6.60. The van der Waals surface area contributed by atoms with Crippen LogP contribution in [0.4, 0.5) is 0 Å². The van der Waals surface area contributed by atoms with Crippen molar-refractivity contribution in [2.24, 2.45) is 0 Å². The highest BCUT2D eigenvalue weighted by Crippen LogP contribution is 2.14. The maximum atomic E-state index is 5.81.